The van der Waals surface area contributed by atoms with Gasteiger partial charge in [-0.3, -0.25) is 9.59 Å². The molecule has 0 spiro atoms. The summed E-state index contributed by atoms with van der Waals surface area (Å²) in [7, 11) is 0. The summed E-state index contributed by atoms with van der Waals surface area (Å²) in [6.45, 7) is 0. The first-order valence-electron chi connectivity index (χ1n) is 7.78. The van der Waals surface area contributed by atoms with E-state index in [-0.39, 0.29) is 23.4 Å². The van der Waals surface area contributed by atoms with Crippen LogP contribution in [-0.4, -0.2) is 17.9 Å². The van der Waals surface area contributed by atoms with E-state index in [1.165, 1.54) is 16.3 Å². The van der Waals surface area contributed by atoms with Crippen molar-refractivity contribution >= 4 is 22.6 Å². The van der Waals surface area contributed by atoms with Crippen LogP contribution in [0.15, 0.2) is 42.5 Å². The van der Waals surface area contributed by atoms with Crippen LogP contribution in [0.1, 0.15) is 31.2 Å². The first kappa shape index (κ1) is 13.3. The van der Waals surface area contributed by atoms with Crippen LogP contribution in [0, 0.1) is 0 Å². The third-order valence-corrected chi connectivity index (χ3v) is 4.73. The normalized spacial score (nSPS) is 22.4. The lowest BCUT2D eigenvalue weighted by Crippen LogP contribution is -2.46. The van der Waals surface area contributed by atoms with E-state index in [1.807, 2.05) is 18.2 Å². The Bertz CT molecular complexity index is 759. The van der Waals surface area contributed by atoms with Gasteiger partial charge in [-0.1, -0.05) is 42.5 Å². The molecule has 0 aromatic heterocycles. The minimum Gasteiger partial charge on any atom is -0.345 e. The van der Waals surface area contributed by atoms with E-state index in [2.05, 4.69) is 34.9 Å². The van der Waals surface area contributed by atoms with Crippen molar-refractivity contribution in [2.45, 2.75) is 37.3 Å². The largest absolute Gasteiger partial charge is 0.345 e. The molecule has 0 radical (unpaired) electrons. The van der Waals surface area contributed by atoms with Crippen LogP contribution >= 0.6 is 0 Å². The SMILES string of the molecule is O=C1CCC(C(=O)NC2(c3cccc4ccccc34)CC2)N1. The van der Waals surface area contributed by atoms with Crippen molar-refractivity contribution in [3.63, 3.8) is 0 Å². The highest BCUT2D eigenvalue weighted by Gasteiger charge is 2.47. The monoisotopic (exact) mass is 294 g/mol. The molecule has 1 aliphatic carbocycles. The van der Waals surface area contributed by atoms with Crippen molar-refractivity contribution in [1.82, 2.24) is 10.6 Å². The number of carbonyl (C=O) groups excluding carboxylic acids is 2. The summed E-state index contributed by atoms with van der Waals surface area (Å²) < 4.78 is 0. The molecule has 1 atom stereocenters. The quantitative estimate of drug-likeness (QED) is 0.912. The van der Waals surface area contributed by atoms with Gasteiger partial charge in [-0.2, -0.15) is 0 Å². The Hall–Kier alpha value is -2.36. The average Bonchev–Trinajstić information content (AvgIpc) is 3.18. The zero-order chi connectivity index (χ0) is 15.2. The lowest BCUT2D eigenvalue weighted by atomic mass is 9.96. The minimum absolute atomic E-state index is 0.0323. The maximum absolute atomic E-state index is 12.4. The van der Waals surface area contributed by atoms with Gasteiger partial charge in [0, 0.05) is 6.42 Å². The molecule has 2 aromatic rings. The summed E-state index contributed by atoms with van der Waals surface area (Å²) in [5.74, 6) is -0.0913. The number of nitrogens with one attached hydrogen (secondary N) is 2. The van der Waals surface area contributed by atoms with Crippen LogP contribution < -0.4 is 10.6 Å². The molecule has 2 fully saturated rings. The maximum atomic E-state index is 12.4. The van der Waals surface area contributed by atoms with Crippen LogP contribution in [0.5, 0.6) is 0 Å². The molecule has 2 N–H and O–H groups in total. The molecule has 4 nitrogen and oxygen atoms in total. The van der Waals surface area contributed by atoms with Crippen molar-refractivity contribution in [2.75, 3.05) is 0 Å². The highest BCUT2D eigenvalue weighted by atomic mass is 16.2. The predicted octanol–water partition coefficient (Wildman–Crippen LogP) is 2.22. The lowest BCUT2D eigenvalue weighted by Gasteiger charge is -2.22. The second-order valence-electron chi connectivity index (χ2n) is 6.26. The van der Waals surface area contributed by atoms with E-state index in [1.54, 1.807) is 0 Å². The van der Waals surface area contributed by atoms with Crippen molar-refractivity contribution in [3.05, 3.63) is 48.0 Å². The lowest BCUT2D eigenvalue weighted by molar-refractivity contribution is -0.126. The molecule has 4 heteroatoms. The average molecular weight is 294 g/mol. The number of hydrogen-bond donors (Lipinski definition) is 2. The van der Waals surface area contributed by atoms with Crippen LogP contribution in [0.4, 0.5) is 0 Å². The Kier molecular flexibility index (Phi) is 2.93. The molecule has 112 valence electrons. The first-order chi connectivity index (χ1) is 10.7. The van der Waals surface area contributed by atoms with Gasteiger partial charge in [0.25, 0.3) is 0 Å². The first-order valence-corrected chi connectivity index (χ1v) is 7.78. The molecule has 2 aromatic carbocycles. The summed E-state index contributed by atoms with van der Waals surface area (Å²) in [4.78, 5) is 23.7. The van der Waals surface area contributed by atoms with Crippen molar-refractivity contribution < 1.29 is 9.59 Å². The molecule has 2 aliphatic rings. The molecule has 1 saturated carbocycles. The van der Waals surface area contributed by atoms with E-state index in [9.17, 15) is 9.59 Å². The van der Waals surface area contributed by atoms with Gasteiger partial charge in [0.2, 0.25) is 11.8 Å². The Morgan fingerprint density at radius 3 is 2.64 bits per heavy atom. The van der Waals surface area contributed by atoms with Gasteiger partial charge in [-0.05, 0) is 35.6 Å². The zero-order valence-electron chi connectivity index (χ0n) is 12.3. The second-order valence-corrected chi connectivity index (χ2v) is 6.26. The molecular weight excluding hydrogens is 276 g/mol. The van der Waals surface area contributed by atoms with E-state index in [4.69, 9.17) is 0 Å². The molecule has 1 heterocycles. The van der Waals surface area contributed by atoms with Gasteiger partial charge in [0.05, 0.1) is 5.54 Å². The fourth-order valence-corrected chi connectivity index (χ4v) is 3.36. The van der Waals surface area contributed by atoms with Crippen molar-refractivity contribution in [1.29, 1.82) is 0 Å². The van der Waals surface area contributed by atoms with Crippen molar-refractivity contribution in [2.24, 2.45) is 0 Å². The van der Waals surface area contributed by atoms with E-state index in [0.29, 0.717) is 12.8 Å². The highest BCUT2D eigenvalue weighted by Crippen LogP contribution is 2.48. The predicted molar refractivity (Wildman–Crippen MR) is 84.2 cm³/mol. The van der Waals surface area contributed by atoms with Crippen LogP contribution in [0.25, 0.3) is 10.8 Å². The number of benzene rings is 2. The van der Waals surface area contributed by atoms with Gasteiger partial charge in [-0.15, -0.1) is 0 Å². The second kappa shape index (κ2) is 4.83. The third kappa shape index (κ3) is 2.15. The van der Waals surface area contributed by atoms with Crippen LogP contribution in [-0.2, 0) is 15.1 Å². The van der Waals surface area contributed by atoms with Crippen LogP contribution in [0.3, 0.4) is 0 Å². The number of carbonyl (C=O) groups is 2. The molecule has 2 amide bonds. The highest BCUT2D eigenvalue weighted by molar-refractivity contribution is 5.92. The number of hydrogen-bond acceptors (Lipinski definition) is 2. The van der Waals surface area contributed by atoms with Crippen molar-refractivity contribution in [3.8, 4) is 0 Å². The standard InChI is InChI=1S/C18H18N2O2/c21-16-9-8-15(19-16)17(22)20-18(10-11-18)14-7-3-5-12-4-1-2-6-13(12)14/h1-7,15H,8-11H2,(H,19,21)(H,20,22). The van der Waals surface area contributed by atoms with E-state index < -0.39 is 0 Å². The van der Waals surface area contributed by atoms with E-state index in [0.717, 1.165) is 12.8 Å². The summed E-state index contributed by atoms with van der Waals surface area (Å²) in [6.07, 6.45) is 2.94. The molecule has 1 aliphatic heterocycles. The summed E-state index contributed by atoms with van der Waals surface area (Å²) in [6, 6.07) is 14.1. The summed E-state index contributed by atoms with van der Waals surface area (Å²) >= 11 is 0. The molecule has 4 rings (SSSR count). The zero-order valence-corrected chi connectivity index (χ0v) is 12.3. The summed E-state index contributed by atoms with van der Waals surface area (Å²) in [5.41, 5.74) is 0.925. The Morgan fingerprint density at radius 1 is 1.14 bits per heavy atom. The fourth-order valence-electron chi connectivity index (χ4n) is 3.36. The number of amides is 2. The number of rotatable bonds is 3. The molecular formula is C18H18N2O2. The fraction of sp³-hybridized carbons (Fsp3) is 0.333. The topological polar surface area (TPSA) is 58.2 Å². The van der Waals surface area contributed by atoms with Crippen LogP contribution in [0.2, 0.25) is 0 Å². The van der Waals surface area contributed by atoms with Gasteiger partial charge in [0.15, 0.2) is 0 Å². The van der Waals surface area contributed by atoms with E-state index >= 15 is 0 Å². The van der Waals surface area contributed by atoms with Gasteiger partial charge in [-0.25, -0.2) is 0 Å². The Labute approximate surface area is 128 Å². The molecule has 22 heavy (non-hydrogen) atoms. The molecule has 1 unspecified atom stereocenters. The smallest absolute Gasteiger partial charge is 0.243 e. The van der Waals surface area contributed by atoms with Gasteiger partial charge >= 0.3 is 0 Å². The third-order valence-electron chi connectivity index (χ3n) is 4.73. The minimum atomic E-state index is -0.375. The number of fused-ring (bicyclic) bond motifs is 1. The molecule has 1 saturated heterocycles. The van der Waals surface area contributed by atoms with Gasteiger partial charge in [0.1, 0.15) is 6.04 Å². The maximum Gasteiger partial charge on any atom is 0.243 e. The molecule has 0 bridgehead atoms. The van der Waals surface area contributed by atoms with Gasteiger partial charge < -0.3 is 10.6 Å². The Morgan fingerprint density at radius 2 is 1.91 bits per heavy atom. The Balaban J connectivity index is 1.63. The summed E-state index contributed by atoms with van der Waals surface area (Å²) in [5, 5.41) is 8.31.